The lowest BCUT2D eigenvalue weighted by molar-refractivity contribution is -0.140. The molecule has 0 bridgehead atoms. The van der Waals surface area contributed by atoms with Crippen molar-refractivity contribution in [2.24, 2.45) is 17.8 Å². The summed E-state index contributed by atoms with van der Waals surface area (Å²) < 4.78 is 19.6. The summed E-state index contributed by atoms with van der Waals surface area (Å²) in [4.78, 5) is 41.4. The molecule has 113 heavy (non-hydrogen) atoms. The summed E-state index contributed by atoms with van der Waals surface area (Å²) in [5, 5.41) is 28.4. The maximum Gasteiger partial charge on any atom is 0.302 e. The summed E-state index contributed by atoms with van der Waals surface area (Å²) >= 11 is 0. The highest BCUT2D eigenvalue weighted by molar-refractivity contribution is 5.67. The maximum absolute atomic E-state index is 10.5. The van der Waals surface area contributed by atoms with Gasteiger partial charge in [-0.05, 0) is 337 Å². The first-order chi connectivity index (χ1) is 52.3. The van der Waals surface area contributed by atoms with Gasteiger partial charge in [0.05, 0.1) is 22.9 Å². The fourth-order valence-corrected chi connectivity index (χ4v) is 9.91. The van der Waals surface area contributed by atoms with Crippen LogP contribution in [0.1, 0.15) is 382 Å². The number of rotatable bonds is 46. The normalized spacial score (nSPS) is 12.5. The van der Waals surface area contributed by atoms with E-state index in [0.29, 0.717) is 43.7 Å². The molecule has 658 valence electrons. The van der Waals surface area contributed by atoms with Crippen LogP contribution in [-0.2, 0) is 38.1 Å². The van der Waals surface area contributed by atoms with Crippen molar-refractivity contribution in [1.82, 2.24) is 0 Å². The predicted molar refractivity (Wildman–Crippen MR) is 500 cm³/mol. The Morgan fingerprint density at radius 3 is 0.805 bits per heavy atom. The van der Waals surface area contributed by atoms with E-state index in [0.717, 1.165) is 134 Å². The lowest BCUT2D eigenvalue weighted by atomic mass is 9.94. The van der Waals surface area contributed by atoms with Crippen molar-refractivity contribution in [1.29, 1.82) is 0 Å². The molecule has 11 nitrogen and oxygen atoms in total. The SMILES string of the molecule is C=C/C=C(/C)CCC=C(C)C.C=CCC(C)CCCC(C)(C)O.C=CC[C@@H](C)CCCC(C)(C)O.CC(=O)OC/C=C(\C)CCC=C(C)C.CC(=O)OC/C=C(\C)CCC=C(C)C.CC(=O)OC/C=C(\C)CCC=C(C)C.CC(C)=CCC/C(C)=C/C=O.CC/C=C(\C)CCC=C(C)C.COC(C)CC(C)CCCC(C)(C)O. The molecular formula is C102H184O11. The number of hydrogen-bond acceptors (Lipinski definition) is 11. The van der Waals surface area contributed by atoms with Crippen LogP contribution in [0.2, 0.25) is 0 Å². The number of carbonyl (C=O) groups is 4. The van der Waals surface area contributed by atoms with Crippen molar-refractivity contribution in [2.75, 3.05) is 26.9 Å². The standard InChI is InChI=1S/C12H26O2.3C12H20O2.2C11H22O.C11H20.C11H18.C10H16O/c1-10(9-11(2)14-5)7-6-8-12(3,4)13;3*1-10(2)6-5-7-11(3)8-9-14-12(4)13;2*1-5-7-10(2)8-6-9-11(3,4)12;2*1-5-7-11(4)9-6-8-10(2)3;1-9(2)5-4-6-10(3)7-8-11/h10-11,13H,6-9H2,1-5H3;3*6,8H,5,7,9H2,1-4H3;2*5,10,12H,1,6-9H2,2-4H3;7-8H,5-6,9H2,1-4H3;5,7-8H,1,6,9H2,2-4H3;5,7-8H,4,6H2,1-3H3/b;3*11-8+;;;11-7+;11-7-;10-7+/t;;;;10-;;;;/m....1..../s1. The molecule has 4 atom stereocenters. The number of carbonyl (C=O) groups excluding carboxylic acids is 4. The molecular weight excluding hydrogens is 1400 g/mol. The van der Waals surface area contributed by atoms with E-state index in [-0.39, 0.29) is 17.9 Å². The quantitative estimate of drug-likeness (QED) is 0.0133. The second-order valence-corrected chi connectivity index (χ2v) is 34.1. The average molecular weight is 1590 g/mol. The van der Waals surface area contributed by atoms with Crippen LogP contribution in [0.15, 0.2) is 178 Å². The van der Waals surface area contributed by atoms with E-state index in [1.165, 1.54) is 121 Å². The van der Waals surface area contributed by atoms with Gasteiger partial charge in [0.15, 0.2) is 0 Å². The summed E-state index contributed by atoms with van der Waals surface area (Å²) in [6.45, 7) is 76.5. The summed E-state index contributed by atoms with van der Waals surface area (Å²) in [6, 6.07) is 0. The van der Waals surface area contributed by atoms with Crippen molar-refractivity contribution >= 4 is 24.2 Å². The van der Waals surface area contributed by atoms with Crippen LogP contribution in [0, 0.1) is 17.8 Å². The Morgan fingerprint density at radius 1 is 0.363 bits per heavy atom. The number of ether oxygens (including phenoxy) is 4. The van der Waals surface area contributed by atoms with Gasteiger partial charge in [0, 0.05) is 27.9 Å². The lowest BCUT2D eigenvalue weighted by Gasteiger charge is -2.19. The van der Waals surface area contributed by atoms with Crippen LogP contribution in [0.5, 0.6) is 0 Å². The van der Waals surface area contributed by atoms with E-state index in [1.807, 2.05) is 84.9 Å². The zero-order valence-electron chi connectivity index (χ0n) is 80.1. The predicted octanol–water partition coefficient (Wildman–Crippen LogP) is 29.8. The van der Waals surface area contributed by atoms with E-state index in [2.05, 4.69) is 221 Å². The van der Waals surface area contributed by atoms with E-state index in [4.69, 9.17) is 18.9 Å². The van der Waals surface area contributed by atoms with Crippen LogP contribution >= 0.6 is 0 Å². The molecule has 0 spiro atoms. The zero-order valence-corrected chi connectivity index (χ0v) is 80.1. The van der Waals surface area contributed by atoms with Crippen molar-refractivity contribution in [2.45, 2.75) is 405 Å². The molecule has 0 aliphatic rings. The molecule has 0 aliphatic heterocycles. The Hall–Kier alpha value is -5.98. The molecule has 0 heterocycles. The number of esters is 3. The molecule has 0 radical (unpaired) electrons. The van der Waals surface area contributed by atoms with Gasteiger partial charge in [0.25, 0.3) is 0 Å². The molecule has 0 aliphatic carbocycles. The Bertz CT molecular complexity index is 2550. The van der Waals surface area contributed by atoms with Crippen LogP contribution in [0.25, 0.3) is 0 Å². The first-order valence-electron chi connectivity index (χ1n) is 42.5. The fraction of sp³-hybridized carbons (Fsp3) is 0.667. The molecule has 0 amide bonds. The van der Waals surface area contributed by atoms with Gasteiger partial charge in [-0.3, -0.25) is 19.2 Å². The summed E-state index contributed by atoms with van der Waals surface area (Å²) in [5.74, 6) is 1.44. The second-order valence-electron chi connectivity index (χ2n) is 34.1. The summed E-state index contributed by atoms with van der Waals surface area (Å²) in [6.07, 6.45) is 59.3. The fourth-order valence-electron chi connectivity index (χ4n) is 9.91. The van der Waals surface area contributed by atoms with Crippen molar-refractivity contribution < 1.29 is 53.4 Å². The molecule has 0 aromatic heterocycles. The van der Waals surface area contributed by atoms with E-state index in [9.17, 15) is 34.5 Å². The Labute approximate surface area is 701 Å². The Morgan fingerprint density at radius 2 is 0.602 bits per heavy atom. The van der Waals surface area contributed by atoms with E-state index < -0.39 is 16.8 Å². The molecule has 0 saturated carbocycles. The van der Waals surface area contributed by atoms with Crippen molar-refractivity contribution in [3.8, 4) is 0 Å². The number of methoxy groups -OCH3 is 1. The highest BCUT2D eigenvalue weighted by Gasteiger charge is 2.15. The van der Waals surface area contributed by atoms with Gasteiger partial charge in [-0.1, -0.05) is 207 Å². The molecule has 0 aromatic rings. The molecule has 0 fully saturated rings. The van der Waals surface area contributed by atoms with Crippen LogP contribution in [-0.4, -0.2) is 89.4 Å². The van der Waals surface area contributed by atoms with Gasteiger partial charge < -0.3 is 34.3 Å². The summed E-state index contributed by atoms with van der Waals surface area (Å²) in [5.41, 5.74) is 14.6. The monoisotopic (exact) mass is 1590 g/mol. The zero-order chi connectivity index (χ0) is 89.4. The largest absolute Gasteiger partial charge is 0.462 e. The Balaban J connectivity index is -0.000000154. The third kappa shape index (κ3) is 142. The third-order valence-electron chi connectivity index (χ3n) is 16.7. The van der Waals surface area contributed by atoms with Crippen molar-refractivity contribution in [3.05, 3.63) is 178 Å². The van der Waals surface area contributed by atoms with Crippen LogP contribution < -0.4 is 0 Å². The lowest BCUT2D eigenvalue weighted by Crippen LogP contribution is -2.18. The number of allylic oxidation sites excluding steroid dienone is 24. The van der Waals surface area contributed by atoms with Gasteiger partial charge in [-0.25, -0.2) is 0 Å². The molecule has 11 heteroatoms. The smallest absolute Gasteiger partial charge is 0.302 e. The maximum atomic E-state index is 10.5. The minimum absolute atomic E-state index is 0.224. The molecule has 0 rings (SSSR count). The van der Waals surface area contributed by atoms with Gasteiger partial charge in [0.1, 0.15) is 26.1 Å². The first-order valence-corrected chi connectivity index (χ1v) is 42.5. The molecule has 0 aromatic carbocycles. The minimum atomic E-state index is -0.507. The molecule has 3 unspecified atom stereocenters. The molecule has 0 saturated heterocycles. The van der Waals surface area contributed by atoms with Gasteiger partial charge in [-0.15, -0.1) is 13.2 Å². The number of aliphatic hydroxyl groups is 3. The average Bonchev–Trinajstić information content (AvgIpc) is 0.970. The minimum Gasteiger partial charge on any atom is -0.462 e. The Kier molecular flexibility index (Phi) is 94.6. The highest BCUT2D eigenvalue weighted by Crippen LogP contribution is 2.22. The number of hydrogen-bond donors (Lipinski definition) is 3. The van der Waals surface area contributed by atoms with E-state index in [1.54, 1.807) is 13.2 Å². The first kappa shape index (κ1) is 125. The highest BCUT2D eigenvalue weighted by atomic mass is 16.5. The van der Waals surface area contributed by atoms with Gasteiger partial charge >= 0.3 is 17.9 Å². The summed E-state index contributed by atoms with van der Waals surface area (Å²) in [7, 11) is 1.76. The van der Waals surface area contributed by atoms with Gasteiger partial charge in [-0.2, -0.15) is 0 Å². The number of aldehydes is 1. The second kappa shape index (κ2) is 85.4. The van der Waals surface area contributed by atoms with Crippen LogP contribution in [0.3, 0.4) is 0 Å². The van der Waals surface area contributed by atoms with Gasteiger partial charge in [0.2, 0.25) is 0 Å². The third-order valence-corrected chi connectivity index (χ3v) is 16.7. The topological polar surface area (TPSA) is 166 Å². The molecule has 3 N–H and O–H groups in total. The van der Waals surface area contributed by atoms with Crippen molar-refractivity contribution in [3.63, 3.8) is 0 Å². The van der Waals surface area contributed by atoms with E-state index >= 15 is 0 Å². The van der Waals surface area contributed by atoms with Crippen LogP contribution in [0.4, 0.5) is 0 Å².